The zero-order valence-electron chi connectivity index (χ0n) is 26.6. The van der Waals surface area contributed by atoms with Crippen LogP contribution in [0.25, 0.3) is 0 Å². The van der Waals surface area contributed by atoms with Crippen LogP contribution in [-0.4, -0.2) is 92.9 Å². The molecule has 2 aliphatic rings. The average molecular weight is 581 g/mol. The van der Waals surface area contributed by atoms with Crippen LogP contribution in [0.5, 0.6) is 0 Å². The number of aliphatic hydroxyl groups is 1. The Morgan fingerprint density at radius 3 is 2.46 bits per heavy atom. The SMILES string of the molecule is CC[C@H]1OC(=O)CC[C@H](C)[C@@H](OC2OC(C)CC(N(C)C)C2O)[C@@H](CCOC)C[C@@H](C)C(=O)/C=C/C(C)=C/[C@@H]1CN. The molecule has 0 amide bonds. The van der Waals surface area contributed by atoms with E-state index in [1.807, 2.05) is 58.8 Å². The molecule has 0 bridgehead atoms. The number of aliphatic hydroxyl groups excluding tert-OH is 1. The molecule has 0 aliphatic carbocycles. The predicted molar refractivity (Wildman–Crippen MR) is 160 cm³/mol. The normalized spacial score (nSPS) is 38.8. The Labute approximate surface area is 247 Å². The van der Waals surface area contributed by atoms with Gasteiger partial charge in [-0.2, -0.15) is 0 Å². The zero-order valence-corrected chi connectivity index (χ0v) is 26.6. The molecular formula is C32H56N2O7. The van der Waals surface area contributed by atoms with Gasteiger partial charge in [0.2, 0.25) is 0 Å². The van der Waals surface area contributed by atoms with Crippen molar-refractivity contribution in [2.45, 2.75) is 110 Å². The third kappa shape index (κ3) is 10.9. The van der Waals surface area contributed by atoms with Crippen molar-refractivity contribution in [2.24, 2.45) is 29.4 Å². The number of rotatable bonds is 8. The predicted octanol–water partition coefficient (Wildman–Crippen LogP) is 3.87. The number of hydrogen-bond acceptors (Lipinski definition) is 9. The molecule has 0 spiro atoms. The number of cyclic esters (lactones) is 1. The highest BCUT2D eigenvalue weighted by atomic mass is 16.7. The fourth-order valence-electron chi connectivity index (χ4n) is 6.08. The highest BCUT2D eigenvalue weighted by molar-refractivity contribution is 5.91. The first-order valence-electron chi connectivity index (χ1n) is 15.4. The first-order valence-corrected chi connectivity index (χ1v) is 15.4. The molecule has 2 heterocycles. The van der Waals surface area contributed by atoms with Crippen molar-refractivity contribution in [1.29, 1.82) is 0 Å². The molecule has 1 saturated heterocycles. The molecule has 0 aromatic carbocycles. The summed E-state index contributed by atoms with van der Waals surface area (Å²) in [6, 6.07) is -0.110. The fraction of sp³-hybridized carbons (Fsp3) is 0.812. The van der Waals surface area contributed by atoms with Crippen molar-refractivity contribution in [3.63, 3.8) is 0 Å². The van der Waals surface area contributed by atoms with Crippen molar-refractivity contribution < 1.29 is 33.6 Å². The van der Waals surface area contributed by atoms with Crippen LogP contribution in [0.1, 0.15) is 73.1 Å². The summed E-state index contributed by atoms with van der Waals surface area (Å²) in [5.74, 6) is -0.755. The lowest BCUT2D eigenvalue weighted by Gasteiger charge is -2.44. The number of ketones is 1. The van der Waals surface area contributed by atoms with Crippen LogP contribution in [0.4, 0.5) is 0 Å². The van der Waals surface area contributed by atoms with Gasteiger partial charge in [0, 0.05) is 44.6 Å². The number of methoxy groups -OCH3 is 1. The van der Waals surface area contributed by atoms with Gasteiger partial charge in [0.1, 0.15) is 12.2 Å². The number of ether oxygens (including phenoxy) is 4. The van der Waals surface area contributed by atoms with E-state index in [0.717, 1.165) is 5.57 Å². The van der Waals surface area contributed by atoms with Crippen LogP contribution in [0.2, 0.25) is 0 Å². The summed E-state index contributed by atoms with van der Waals surface area (Å²) in [6.07, 6.45) is 6.31. The maximum atomic E-state index is 13.2. The first kappa shape index (κ1) is 35.6. The monoisotopic (exact) mass is 580 g/mol. The van der Waals surface area contributed by atoms with Crippen LogP contribution < -0.4 is 5.73 Å². The molecule has 41 heavy (non-hydrogen) atoms. The molecule has 0 saturated carbocycles. The second-order valence-corrected chi connectivity index (χ2v) is 12.3. The summed E-state index contributed by atoms with van der Waals surface area (Å²) < 4.78 is 24.2. The lowest BCUT2D eigenvalue weighted by atomic mass is 9.80. The molecule has 9 heteroatoms. The summed E-state index contributed by atoms with van der Waals surface area (Å²) in [4.78, 5) is 28.2. The minimum Gasteiger partial charge on any atom is -0.462 e. The third-order valence-electron chi connectivity index (χ3n) is 8.65. The number of nitrogens with zero attached hydrogens (tertiary/aromatic N) is 1. The lowest BCUT2D eigenvalue weighted by molar-refractivity contribution is -0.280. The number of carbonyl (C=O) groups excluding carboxylic acids is 2. The van der Waals surface area contributed by atoms with Crippen molar-refractivity contribution >= 4 is 11.8 Å². The van der Waals surface area contributed by atoms with Crippen LogP contribution in [-0.2, 0) is 28.5 Å². The maximum Gasteiger partial charge on any atom is 0.306 e. The second-order valence-electron chi connectivity index (χ2n) is 12.3. The average Bonchev–Trinajstić information content (AvgIpc) is 2.93. The minimum absolute atomic E-state index is 0.0386. The van der Waals surface area contributed by atoms with E-state index < -0.39 is 12.4 Å². The van der Waals surface area contributed by atoms with Gasteiger partial charge in [-0.15, -0.1) is 0 Å². The highest BCUT2D eigenvalue weighted by Gasteiger charge is 2.41. The largest absolute Gasteiger partial charge is 0.462 e. The Balaban J connectivity index is 2.45. The van der Waals surface area contributed by atoms with Crippen LogP contribution in [0, 0.1) is 23.7 Å². The van der Waals surface area contributed by atoms with Crippen molar-refractivity contribution in [1.82, 2.24) is 4.90 Å². The molecule has 0 aromatic rings. The van der Waals surface area contributed by atoms with Crippen LogP contribution in [0.3, 0.4) is 0 Å². The summed E-state index contributed by atoms with van der Waals surface area (Å²) >= 11 is 0. The molecule has 2 aliphatic heterocycles. The van der Waals surface area contributed by atoms with Gasteiger partial charge in [0.15, 0.2) is 12.1 Å². The van der Waals surface area contributed by atoms with E-state index in [2.05, 4.69) is 6.92 Å². The number of esters is 1. The summed E-state index contributed by atoms with van der Waals surface area (Å²) in [7, 11) is 5.55. The number of carbonyl (C=O) groups is 2. The second kappa shape index (κ2) is 17.5. The number of hydrogen-bond donors (Lipinski definition) is 2. The van der Waals surface area contributed by atoms with Crippen molar-refractivity contribution in [2.75, 3.05) is 34.4 Å². The molecule has 9 nitrogen and oxygen atoms in total. The van der Waals surface area contributed by atoms with E-state index in [0.29, 0.717) is 45.3 Å². The van der Waals surface area contributed by atoms with Gasteiger partial charge >= 0.3 is 5.97 Å². The number of allylic oxidation sites excluding steroid dienone is 3. The van der Waals surface area contributed by atoms with E-state index in [1.165, 1.54) is 0 Å². The topological polar surface area (TPSA) is 121 Å². The molecule has 0 aromatic heterocycles. The van der Waals surface area contributed by atoms with Gasteiger partial charge in [-0.3, -0.25) is 9.59 Å². The van der Waals surface area contributed by atoms with Gasteiger partial charge in [-0.05, 0) is 78.0 Å². The Kier molecular flexibility index (Phi) is 15.2. The molecule has 4 unspecified atom stereocenters. The van der Waals surface area contributed by atoms with E-state index in [-0.39, 0.29) is 66.2 Å². The quantitative estimate of drug-likeness (QED) is 0.412. The summed E-state index contributed by atoms with van der Waals surface area (Å²) in [6.45, 7) is 10.7. The summed E-state index contributed by atoms with van der Waals surface area (Å²) in [5.41, 5.74) is 6.96. The molecule has 1 fully saturated rings. The third-order valence-corrected chi connectivity index (χ3v) is 8.65. The molecule has 2 rings (SSSR count). The number of likely N-dealkylation sites (N-methyl/N-ethyl adjacent to an activating group) is 1. The summed E-state index contributed by atoms with van der Waals surface area (Å²) in [5, 5.41) is 11.2. The van der Waals surface area contributed by atoms with Gasteiger partial charge in [-0.25, -0.2) is 0 Å². The van der Waals surface area contributed by atoms with Gasteiger partial charge in [0.25, 0.3) is 0 Å². The van der Waals surface area contributed by atoms with Gasteiger partial charge < -0.3 is 34.7 Å². The number of nitrogens with two attached hydrogens (primary N) is 1. The molecular weight excluding hydrogens is 524 g/mol. The minimum atomic E-state index is -0.836. The first-order chi connectivity index (χ1) is 19.4. The Morgan fingerprint density at radius 2 is 1.85 bits per heavy atom. The zero-order chi connectivity index (χ0) is 30.7. The van der Waals surface area contributed by atoms with Crippen molar-refractivity contribution in [3.05, 3.63) is 23.8 Å². The molecule has 0 radical (unpaired) electrons. The van der Waals surface area contributed by atoms with Crippen LogP contribution >= 0.6 is 0 Å². The van der Waals surface area contributed by atoms with Crippen molar-refractivity contribution in [3.8, 4) is 0 Å². The Hall–Kier alpha value is -1.62. The lowest BCUT2D eigenvalue weighted by Crippen LogP contribution is -2.55. The highest BCUT2D eigenvalue weighted by Crippen LogP contribution is 2.34. The maximum absolute atomic E-state index is 13.2. The van der Waals surface area contributed by atoms with Crippen LogP contribution in [0.15, 0.2) is 23.8 Å². The fourth-order valence-corrected chi connectivity index (χ4v) is 6.08. The van der Waals surface area contributed by atoms with Gasteiger partial charge in [0.05, 0.1) is 12.2 Å². The molecule has 236 valence electrons. The van der Waals surface area contributed by atoms with E-state index in [1.54, 1.807) is 13.2 Å². The standard InChI is InChI=1S/C32H56N2O7/c1-9-28-25(19-33)16-20(2)10-12-27(35)22(4)17-24(14-15-38-8)31(21(3)11-13-29(36)40-28)41-32-30(37)26(34(6)7)18-23(5)39-32/h10,12,16,21-26,28,30-32,37H,9,11,13-15,17-19,33H2,1-8H3/b12-10+,20-16+/t21-,22+,23?,24-,25+,26?,28+,30?,31+,32?/m0/s1. The molecule has 10 atom stereocenters. The van der Waals surface area contributed by atoms with E-state index >= 15 is 0 Å². The van der Waals surface area contributed by atoms with E-state index in [9.17, 15) is 14.7 Å². The smallest absolute Gasteiger partial charge is 0.306 e. The van der Waals surface area contributed by atoms with E-state index in [4.69, 9.17) is 24.7 Å². The van der Waals surface area contributed by atoms with Gasteiger partial charge in [-0.1, -0.05) is 38.5 Å². The Morgan fingerprint density at radius 1 is 1.15 bits per heavy atom. The molecule has 3 N–H and O–H groups in total. The Bertz CT molecular complexity index is 876.